The van der Waals surface area contributed by atoms with Crippen molar-refractivity contribution in [3.8, 4) is 16.9 Å². The molecule has 1 aromatic heterocycles. The van der Waals surface area contributed by atoms with E-state index in [9.17, 15) is 4.79 Å². The van der Waals surface area contributed by atoms with Gasteiger partial charge in [0.1, 0.15) is 5.75 Å². The first-order valence-corrected chi connectivity index (χ1v) is 9.68. The highest BCUT2D eigenvalue weighted by Crippen LogP contribution is 2.34. The van der Waals surface area contributed by atoms with E-state index in [2.05, 4.69) is 48.7 Å². The Hall–Kier alpha value is -3.01. The van der Waals surface area contributed by atoms with Crippen LogP contribution < -0.4 is 10.5 Å². The fourth-order valence-corrected chi connectivity index (χ4v) is 3.91. The second-order valence-electron chi connectivity index (χ2n) is 7.12. The third-order valence-electron chi connectivity index (χ3n) is 5.30. The molecule has 28 heavy (non-hydrogen) atoms. The molecular weight excluding hydrogens is 348 g/mol. The quantitative estimate of drug-likeness (QED) is 0.651. The molecule has 0 atom stereocenters. The molecule has 0 spiro atoms. The average Bonchev–Trinajstić information content (AvgIpc) is 2.98. The number of nitrogens with two attached hydrogens (primary N) is 1. The van der Waals surface area contributed by atoms with E-state index in [1.54, 1.807) is 7.11 Å². The molecule has 0 saturated carbocycles. The highest BCUT2D eigenvalue weighted by atomic mass is 16.5. The number of nitrogens with zero attached hydrogens (tertiary/aromatic N) is 1. The molecule has 0 saturated heterocycles. The summed E-state index contributed by atoms with van der Waals surface area (Å²) in [5, 5.41) is 0. The molecule has 2 N–H and O–H groups in total. The number of rotatable bonds is 7. The van der Waals surface area contributed by atoms with Crippen LogP contribution in [0.5, 0.6) is 5.75 Å². The normalized spacial score (nSPS) is 10.9. The van der Waals surface area contributed by atoms with Crippen LogP contribution in [-0.4, -0.2) is 17.6 Å². The second-order valence-corrected chi connectivity index (χ2v) is 7.12. The van der Waals surface area contributed by atoms with E-state index in [1.807, 2.05) is 25.1 Å². The summed E-state index contributed by atoms with van der Waals surface area (Å²) in [6.07, 6.45) is 1.71. The summed E-state index contributed by atoms with van der Waals surface area (Å²) in [6, 6.07) is 16.4. The smallest absolute Gasteiger partial charge is 0.251 e. The maximum atomic E-state index is 12.3. The minimum atomic E-state index is -0.369. The standard InChI is InChI=1S/C24H28N2O2/c1-5-21-23(19-8-6-7-16(2)15-19)22(24(25)27)17(3)26(21)14-13-18-9-11-20(28-4)12-10-18/h6-12,15H,5,13-14H2,1-4H3,(H2,25,27). The van der Waals surface area contributed by atoms with Gasteiger partial charge in [0.25, 0.3) is 5.91 Å². The lowest BCUT2D eigenvalue weighted by Crippen LogP contribution is -2.14. The van der Waals surface area contributed by atoms with Gasteiger partial charge in [0.05, 0.1) is 12.7 Å². The van der Waals surface area contributed by atoms with Crippen molar-refractivity contribution in [1.29, 1.82) is 0 Å². The number of hydrogen-bond acceptors (Lipinski definition) is 2. The van der Waals surface area contributed by atoms with E-state index in [-0.39, 0.29) is 5.91 Å². The number of carbonyl (C=O) groups excluding carboxylic acids is 1. The maximum absolute atomic E-state index is 12.3. The van der Waals surface area contributed by atoms with Gasteiger partial charge in [-0.3, -0.25) is 4.79 Å². The van der Waals surface area contributed by atoms with Crippen molar-refractivity contribution in [1.82, 2.24) is 4.57 Å². The molecule has 0 aliphatic rings. The molecule has 0 unspecified atom stereocenters. The zero-order chi connectivity index (χ0) is 20.3. The second kappa shape index (κ2) is 8.34. The molecular formula is C24H28N2O2. The lowest BCUT2D eigenvalue weighted by Gasteiger charge is -2.12. The minimum Gasteiger partial charge on any atom is -0.497 e. The van der Waals surface area contributed by atoms with E-state index < -0.39 is 0 Å². The van der Waals surface area contributed by atoms with E-state index in [1.165, 1.54) is 11.1 Å². The van der Waals surface area contributed by atoms with Crippen molar-refractivity contribution in [2.24, 2.45) is 5.73 Å². The number of carbonyl (C=O) groups is 1. The Labute approximate surface area is 166 Å². The Balaban J connectivity index is 2.03. The number of aryl methyl sites for hydroxylation is 2. The van der Waals surface area contributed by atoms with Crippen molar-refractivity contribution in [3.05, 3.63) is 76.6 Å². The first-order valence-electron chi connectivity index (χ1n) is 9.68. The first-order chi connectivity index (χ1) is 13.5. The molecule has 0 aliphatic heterocycles. The molecule has 2 aromatic carbocycles. The lowest BCUT2D eigenvalue weighted by molar-refractivity contribution is 0.1000. The maximum Gasteiger partial charge on any atom is 0.251 e. The van der Waals surface area contributed by atoms with Crippen LogP contribution in [0.2, 0.25) is 0 Å². The van der Waals surface area contributed by atoms with Crippen molar-refractivity contribution in [3.63, 3.8) is 0 Å². The lowest BCUT2D eigenvalue weighted by atomic mass is 9.97. The number of benzene rings is 2. The fourth-order valence-electron chi connectivity index (χ4n) is 3.91. The van der Waals surface area contributed by atoms with Gasteiger partial charge < -0.3 is 15.0 Å². The number of ether oxygens (including phenoxy) is 1. The predicted molar refractivity (Wildman–Crippen MR) is 114 cm³/mol. The van der Waals surface area contributed by atoms with Gasteiger partial charge in [-0.15, -0.1) is 0 Å². The van der Waals surface area contributed by atoms with Crippen LogP contribution in [0.25, 0.3) is 11.1 Å². The number of amides is 1. The predicted octanol–water partition coefficient (Wildman–Crippen LogP) is 4.68. The number of aromatic nitrogens is 1. The molecule has 0 radical (unpaired) electrons. The first kappa shape index (κ1) is 19.7. The molecule has 4 heteroatoms. The van der Waals surface area contributed by atoms with Gasteiger partial charge in [0.15, 0.2) is 0 Å². The Kier molecular flexibility index (Phi) is 5.88. The van der Waals surface area contributed by atoms with E-state index >= 15 is 0 Å². The zero-order valence-corrected chi connectivity index (χ0v) is 17.1. The Bertz CT molecular complexity index is 985. The number of hydrogen-bond donors (Lipinski definition) is 1. The molecule has 0 bridgehead atoms. The molecule has 4 nitrogen and oxygen atoms in total. The van der Waals surface area contributed by atoms with Crippen molar-refractivity contribution in [2.75, 3.05) is 7.11 Å². The fraction of sp³-hybridized carbons (Fsp3) is 0.292. The summed E-state index contributed by atoms with van der Waals surface area (Å²) in [6.45, 7) is 6.98. The van der Waals surface area contributed by atoms with Gasteiger partial charge in [-0.1, -0.05) is 48.9 Å². The summed E-state index contributed by atoms with van der Waals surface area (Å²) < 4.78 is 7.49. The summed E-state index contributed by atoms with van der Waals surface area (Å²) in [5.74, 6) is 0.486. The zero-order valence-electron chi connectivity index (χ0n) is 17.1. The van der Waals surface area contributed by atoms with Crippen LogP contribution >= 0.6 is 0 Å². The number of primary amides is 1. The van der Waals surface area contributed by atoms with Crippen LogP contribution in [-0.2, 0) is 19.4 Å². The summed E-state index contributed by atoms with van der Waals surface area (Å²) in [7, 11) is 1.67. The molecule has 1 heterocycles. The molecule has 1 amide bonds. The largest absolute Gasteiger partial charge is 0.497 e. The van der Waals surface area contributed by atoms with E-state index in [0.717, 1.165) is 47.7 Å². The number of methoxy groups -OCH3 is 1. The Morgan fingerprint density at radius 3 is 2.39 bits per heavy atom. The summed E-state index contributed by atoms with van der Waals surface area (Å²) in [4.78, 5) is 12.3. The van der Waals surface area contributed by atoms with Crippen LogP contribution in [0.3, 0.4) is 0 Å². The van der Waals surface area contributed by atoms with Gasteiger partial charge in [-0.25, -0.2) is 0 Å². The molecule has 3 aromatic rings. The monoisotopic (exact) mass is 376 g/mol. The summed E-state index contributed by atoms with van der Waals surface area (Å²) in [5.41, 5.74) is 13.0. The van der Waals surface area contributed by atoms with Crippen LogP contribution in [0.4, 0.5) is 0 Å². The van der Waals surface area contributed by atoms with Crippen molar-refractivity contribution < 1.29 is 9.53 Å². The van der Waals surface area contributed by atoms with E-state index in [0.29, 0.717) is 5.56 Å². The van der Waals surface area contributed by atoms with Crippen LogP contribution in [0, 0.1) is 13.8 Å². The average molecular weight is 377 g/mol. The SMILES string of the molecule is CCc1c(-c2cccc(C)c2)c(C(N)=O)c(C)n1CCc1ccc(OC)cc1. The third kappa shape index (κ3) is 3.81. The highest BCUT2D eigenvalue weighted by molar-refractivity contribution is 6.02. The minimum absolute atomic E-state index is 0.369. The van der Waals surface area contributed by atoms with Crippen molar-refractivity contribution >= 4 is 5.91 Å². The molecule has 3 rings (SSSR count). The van der Waals surface area contributed by atoms with Crippen molar-refractivity contribution in [2.45, 2.75) is 40.2 Å². The van der Waals surface area contributed by atoms with E-state index in [4.69, 9.17) is 10.5 Å². The summed E-state index contributed by atoms with van der Waals surface area (Å²) >= 11 is 0. The molecule has 0 fully saturated rings. The van der Waals surface area contributed by atoms with Gasteiger partial charge in [0.2, 0.25) is 0 Å². The Morgan fingerprint density at radius 2 is 1.82 bits per heavy atom. The topological polar surface area (TPSA) is 57.2 Å². The van der Waals surface area contributed by atoms with Gasteiger partial charge in [-0.2, -0.15) is 0 Å². The van der Waals surface area contributed by atoms with Gasteiger partial charge in [0, 0.05) is 23.5 Å². The molecule has 146 valence electrons. The Morgan fingerprint density at radius 1 is 1.11 bits per heavy atom. The third-order valence-corrected chi connectivity index (χ3v) is 5.30. The highest BCUT2D eigenvalue weighted by Gasteiger charge is 2.23. The van der Waals surface area contributed by atoms with Crippen LogP contribution in [0.15, 0.2) is 48.5 Å². The van der Waals surface area contributed by atoms with Gasteiger partial charge >= 0.3 is 0 Å². The van der Waals surface area contributed by atoms with Crippen LogP contribution in [0.1, 0.15) is 39.8 Å². The molecule has 0 aliphatic carbocycles. The van der Waals surface area contributed by atoms with Gasteiger partial charge in [-0.05, 0) is 49.9 Å².